The summed E-state index contributed by atoms with van der Waals surface area (Å²) in [6.07, 6.45) is 3.95. The number of rotatable bonds is 7. The average Bonchev–Trinajstić information content (AvgIpc) is 2.73. The molecule has 0 aliphatic carbocycles. The molecule has 96 valence electrons. The van der Waals surface area contributed by atoms with Gasteiger partial charge in [0.2, 0.25) is 0 Å². The van der Waals surface area contributed by atoms with Crippen LogP contribution in [0.1, 0.15) is 55.9 Å². The molecule has 0 saturated carbocycles. The van der Waals surface area contributed by atoms with Crippen LogP contribution < -0.4 is 4.90 Å². The van der Waals surface area contributed by atoms with E-state index < -0.39 is 0 Å². The van der Waals surface area contributed by atoms with E-state index >= 15 is 0 Å². The van der Waals surface area contributed by atoms with Gasteiger partial charge in [-0.25, -0.2) is 4.98 Å². The number of carbonyl (C=O) groups is 1. The lowest BCUT2D eigenvalue weighted by Crippen LogP contribution is -2.32. The predicted molar refractivity (Wildman–Crippen MR) is 74.3 cm³/mol. The molecule has 1 atom stereocenters. The van der Waals surface area contributed by atoms with Crippen LogP contribution in [-0.2, 0) is 6.42 Å². The van der Waals surface area contributed by atoms with E-state index in [2.05, 4.69) is 37.6 Å². The van der Waals surface area contributed by atoms with Crippen LogP contribution >= 0.6 is 11.3 Å². The summed E-state index contributed by atoms with van der Waals surface area (Å²) in [7, 11) is 0. The number of carbonyl (C=O) groups excluding carboxylic acids is 1. The fourth-order valence-electron chi connectivity index (χ4n) is 1.84. The molecule has 0 aliphatic rings. The van der Waals surface area contributed by atoms with Crippen LogP contribution in [0.5, 0.6) is 0 Å². The van der Waals surface area contributed by atoms with E-state index in [0.717, 1.165) is 47.8 Å². The smallest absolute Gasteiger partial charge is 0.186 e. The zero-order valence-corrected chi connectivity index (χ0v) is 12.0. The Morgan fingerprint density at radius 3 is 2.59 bits per heavy atom. The zero-order chi connectivity index (χ0) is 12.8. The second kappa shape index (κ2) is 6.74. The van der Waals surface area contributed by atoms with Gasteiger partial charge in [0.1, 0.15) is 0 Å². The molecule has 1 aromatic rings. The molecule has 0 radical (unpaired) electrons. The molecule has 0 amide bonds. The quantitative estimate of drug-likeness (QED) is 0.698. The third-order valence-corrected chi connectivity index (χ3v) is 4.08. The fraction of sp³-hybridized carbons (Fsp3) is 0.692. The number of anilines is 1. The standard InChI is InChI=1S/C13H22N2OS/c1-5-8-11-12(9-16)17-13(14-11)15(7-3)10(4)6-2/h9-10H,5-8H2,1-4H3. The second-order valence-electron chi connectivity index (χ2n) is 4.22. The second-order valence-corrected chi connectivity index (χ2v) is 5.23. The van der Waals surface area contributed by atoms with Crippen LogP contribution in [0, 0.1) is 0 Å². The molecule has 17 heavy (non-hydrogen) atoms. The van der Waals surface area contributed by atoms with E-state index in [0.29, 0.717) is 6.04 Å². The number of hydrogen-bond donors (Lipinski definition) is 0. The first-order valence-corrected chi connectivity index (χ1v) is 7.20. The van der Waals surface area contributed by atoms with Gasteiger partial charge in [0, 0.05) is 12.6 Å². The van der Waals surface area contributed by atoms with E-state index in [1.54, 1.807) is 0 Å². The van der Waals surface area contributed by atoms with Gasteiger partial charge in [0.05, 0.1) is 10.6 Å². The number of thiazole rings is 1. The summed E-state index contributed by atoms with van der Waals surface area (Å²) in [5.74, 6) is 0. The van der Waals surface area contributed by atoms with E-state index in [-0.39, 0.29) is 0 Å². The Bertz CT molecular complexity index is 362. The van der Waals surface area contributed by atoms with Crippen molar-refractivity contribution in [3.8, 4) is 0 Å². The summed E-state index contributed by atoms with van der Waals surface area (Å²) in [6, 6.07) is 0.472. The first-order chi connectivity index (χ1) is 8.17. The zero-order valence-electron chi connectivity index (χ0n) is 11.2. The van der Waals surface area contributed by atoms with Crippen molar-refractivity contribution in [2.24, 2.45) is 0 Å². The average molecular weight is 254 g/mol. The lowest BCUT2D eigenvalue weighted by Gasteiger charge is -2.26. The number of aldehydes is 1. The highest BCUT2D eigenvalue weighted by molar-refractivity contribution is 7.17. The molecule has 1 unspecified atom stereocenters. The number of aryl methyl sites for hydroxylation is 1. The Morgan fingerprint density at radius 2 is 2.12 bits per heavy atom. The van der Waals surface area contributed by atoms with Crippen LogP contribution in [0.4, 0.5) is 5.13 Å². The predicted octanol–water partition coefficient (Wildman–Crippen LogP) is 3.53. The maximum absolute atomic E-state index is 11.0. The molecule has 1 aromatic heterocycles. The van der Waals surface area contributed by atoms with Gasteiger partial charge in [-0.05, 0) is 26.7 Å². The lowest BCUT2D eigenvalue weighted by molar-refractivity contribution is 0.112. The molecule has 3 nitrogen and oxygen atoms in total. The minimum atomic E-state index is 0.472. The van der Waals surface area contributed by atoms with E-state index in [1.165, 1.54) is 11.3 Å². The van der Waals surface area contributed by atoms with Gasteiger partial charge < -0.3 is 4.90 Å². The molecule has 0 N–H and O–H groups in total. The van der Waals surface area contributed by atoms with Crippen molar-refractivity contribution in [2.45, 2.75) is 53.0 Å². The molecule has 4 heteroatoms. The van der Waals surface area contributed by atoms with Crippen molar-refractivity contribution in [1.82, 2.24) is 4.98 Å². The van der Waals surface area contributed by atoms with Crippen molar-refractivity contribution in [2.75, 3.05) is 11.4 Å². The van der Waals surface area contributed by atoms with Crippen molar-refractivity contribution in [1.29, 1.82) is 0 Å². The minimum Gasteiger partial charge on any atom is -0.346 e. The van der Waals surface area contributed by atoms with E-state index in [1.807, 2.05) is 0 Å². The van der Waals surface area contributed by atoms with E-state index in [4.69, 9.17) is 0 Å². The van der Waals surface area contributed by atoms with Crippen LogP contribution in [0.3, 0.4) is 0 Å². The molecule has 0 aliphatic heterocycles. The number of aromatic nitrogens is 1. The first kappa shape index (κ1) is 14.2. The highest BCUT2D eigenvalue weighted by Gasteiger charge is 2.17. The van der Waals surface area contributed by atoms with Crippen molar-refractivity contribution in [3.05, 3.63) is 10.6 Å². The molecule has 1 heterocycles. The maximum atomic E-state index is 11.0. The van der Waals surface area contributed by atoms with Gasteiger partial charge >= 0.3 is 0 Å². The Morgan fingerprint density at radius 1 is 1.41 bits per heavy atom. The molecular formula is C13H22N2OS. The monoisotopic (exact) mass is 254 g/mol. The summed E-state index contributed by atoms with van der Waals surface area (Å²) >= 11 is 1.52. The highest BCUT2D eigenvalue weighted by Crippen LogP contribution is 2.27. The molecule has 1 rings (SSSR count). The lowest BCUT2D eigenvalue weighted by atomic mass is 10.2. The van der Waals surface area contributed by atoms with Crippen molar-refractivity contribution < 1.29 is 4.79 Å². The Kier molecular flexibility index (Phi) is 5.62. The SMILES string of the molecule is CCCc1nc(N(CC)C(C)CC)sc1C=O. The molecule has 0 spiro atoms. The van der Waals surface area contributed by atoms with Crippen LogP contribution in [0.15, 0.2) is 0 Å². The largest absolute Gasteiger partial charge is 0.346 e. The van der Waals surface area contributed by atoms with Gasteiger partial charge in [0.15, 0.2) is 11.4 Å². The number of hydrogen-bond acceptors (Lipinski definition) is 4. The molecule has 0 saturated heterocycles. The molecule has 0 aromatic carbocycles. The van der Waals surface area contributed by atoms with Crippen LogP contribution in [0.2, 0.25) is 0 Å². The van der Waals surface area contributed by atoms with E-state index in [9.17, 15) is 4.79 Å². The third kappa shape index (κ3) is 3.28. The maximum Gasteiger partial charge on any atom is 0.186 e. The van der Waals surface area contributed by atoms with Crippen LogP contribution in [0.25, 0.3) is 0 Å². The van der Waals surface area contributed by atoms with Gasteiger partial charge in [-0.2, -0.15) is 0 Å². The molecule has 0 bridgehead atoms. The van der Waals surface area contributed by atoms with Crippen molar-refractivity contribution >= 4 is 22.8 Å². The Balaban J connectivity index is 3.00. The van der Waals surface area contributed by atoms with Crippen molar-refractivity contribution in [3.63, 3.8) is 0 Å². The van der Waals surface area contributed by atoms with Gasteiger partial charge in [0.25, 0.3) is 0 Å². The van der Waals surface area contributed by atoms with Gasteiger partial charge in [-0.15, -0.1) is 0 Å². The van der Waals surface area contributed by atoms with Gasteiger partial charge in [-0.3, -0.25) is 4.79 Å². The first-order valence-electron chi connectivity index (χ1n) is 6.39. The summed E-state index contributed by atoms with van der Waals surface area (Å²) < 4.78 is 0. The highest BCUT2D eigenvalue weighted by atomic mass is 32.1. The van der Waals surface area contributed by atoms with Gasteiger partial charge in [-0.1, -0.05) is 31.6 Å². The summed E-state index contributed by atoms with van der Waals surface area (Å²) in [5.41, 5.74) is 0.962. The van der Waals surface area contributed by atoms with Crippen LogP contribution in [-0.4, -0.2) is 23.9 Å². The molecule has 0 fully saturated rings. The Hall–Kier alpha value is -0.900. The Labute approximate surface area is 108 Å². The summed E-state index contributed by atoms with van der Waals surface area (Å²) in [6.45, 7) is 9.55. The molecular weight excluding hydrogens is 232 g/mol. The minimum absolute atomic E-state index is 0.472. The topological polar surface area (TPSA) is 33.2 Å². The fourth-order valence-corrected chi connectivity index (χ4v) is 2.93. The summed E-state index contributed by atoms with van der Waals surface area (Å²) in [4.78, 5) is 18.7. The summed E-state index contributed by atoms with van der Waals surface area (Å²) in [5, 5.41) is 0.993. The third-order valence-electron chi connectivity index (χ3n) is 3.02. The normalized spacial score (nSPS) is 12.5. The number of nitrogens with zero attached hydrogens (tertiary/aromatic N) is 2.